The molecule has 1 heterocycles. The summed E-state index contributed by atoms with van der Waals surface area (Å²) in [5.41, 5.74) is -0.330. The molecule has 1 aliphatic heterocycles. The minimum Gasteiger partial charge on any atom is -0.396 e. The molecule has 2 aliphatic rings. The van der Waals surface area contributed by atoms with Gasteiger partial charge in [0.1, 0.15) is 0 Å². The van der Waals surface area contributed by atoms with Gasteiger partial charge in [-0.2, -0.15) is 0 Å². The third kappa shape index (κ3) is 2.87. The molecule has 4 heteroatoms. The Bertz CT molecular complexity index is 256. The van der Waals surface area contributed by atoms with E-state index in [4.69, 9.17) is 4.74 Å². The van der Waals surface area contributed by atoms with Crippen LogP contribution in [0.25, 0.3) is 0 Å². The van der Waals surface area contributed by atoms with Gasteiger partial charge >= 0.3 is 0 Å². The highest BCUT2D eigenvalue weighted by Gasteiger charge is 2.41. The van der Waals surface area contributed by atoms with Gasteiger partial charge in [-0.15, -0.1) is 0 Å². The second-order valence-electron chi connectivity index (χ2n) is 6.41. The molecular weight excluding hydrogens is 230 g/mol. The fraction of sp³-hybridized carbons (Fsp3) is 1.00. The average Bonchev–Trinajstić information content (AvgIpc) is 2.39. The van der Waals surface area contributed by atoms with E-state index >= 15 is 0 Å². The normalized spacial score (nSPS) is 27.5. The van der Waals surface area contributed by atoms with Crippen LogP contribution in [0, 0.1) is 11.3 Å². The summed E-state index contributed by atoms with van der Waals surface area (Å²) in [5.74, 6) is 0.549. The highest BCUT2D eigenvalue weighted by molar-refractivity contribution is 4.95. The lowest BCUT2D eigenvalue weighted by Crippen LogP contribution is -2.60. The van der Waals surface area contributed by atoms with Crippen molar-refractivity contribution in [1.82, 2.24) is 5.32 Å². The number of nitrogens with one attached hydrogen (secondary N) is 1. The summed E-state index contributed by atoms with van der Waals surface area (Å²) in [6.45, 7) is 4.43. The van der Waals surface area contributed by atoms with E-state index in [-0.39, 0.29) is 24.2 Å². The summed E-state index contributed by atoms with van der Waals surface area (Å²) in [7, 11) is 0. The molecular formula is C14H27NO3. The molecule has 0 bridgehead atoms. The number of hydrogen-bond donors (Lipinski definition) is 3. The van der Waals surface area contributed by atoms with E-state index in [0.717, 1.165) is 6.54 Å². The summed E-state index contributed by atoms with van der Waals surface area (Å²) in [4.78, 5) is 0. The van der Waals surface area contributed by atoms with E-state index in [1.807, 2.05) is 0 Å². The second-order valence-corrected chi connectivity index (χ2v) is 6.41. The predicted octanol–water partition coefficient (Wildman–Crippen LogP) is 0.916. The topological polar surface area (TPSA) is 61.7 Å². The Kier molecular flexibility index (Phi) is 4.64. The molecule has 0 unspecified atom stereocenters. The molecule has 0 amide bonds. The zero-order valence-electron chi connectivity index (χ0n) is 11.5. The van der Waals surface area contributed by atoms with Gasteiger partial charge in [-0.3, -0.25) is 0 Å². The van der Waals surface area contributed by atoms with Crippen LogP contribution < -0.4 is 5.32 Å². The standard InChI is InChI=1S/C14H27NO3/c1-13(8-16,12-5-3-2-4-6-12)15-7-14(9-17)10-18-11-14/h12,15-17H,2-11H2,1H3/t13-/m1/s1. The van der Waals surface area contributed by atoms with Gasteiger partial charge < -0.3 is 20.3 Å². The highest BCUT2D eigenvalue weighted by atomic mass is 16.5. The van der Waals surface area contributed by atoms with Crippen molar-refractivity contribution in [3.63, 3.8) is 0 Å². The third-order valence-electron chi connectivity index (χ3n) is 4.85. The van der Waals surface area contributed by atoms with Crippen LogP contribution in [0.3, 0.4) is 0 Å². The smallest absolute Gasteiger partial charge is 0.0613 e. The molecule has 2 fully saturated rings. The molecule has 1 saturated carbocycles. The van der Waals surface area contributed by atoms with Gasteiger partial charge in [-0.1, -0.05) is 19.3 Å². The summed E-state index contributed by atoms with van der Waals surface area (Å²) in [6, 6.07) is 0. The van der Waals surface area contributed by atoms with E-state index in [1.165, 1.54) is 32.1 Å². The Balaban J connectivity index is 1.90. The van der Waals surface area contributed by atoms with Gasteiger partial charge in [0.25, 0.3) is 0 Å². The first-order chi connectivity index (χ1) is 8.64. The Morgan fingerprint density at radius 2 is 1.89 bits per heavy atom. The van der Waals surface area contributed by atoms with Gasteiger partial charge in [0.15, 0.2) is 0 Å². The number of rotatable bonds is 6. The lowest BCUT2D eigenvalue weighted by molar-refractivity contribution is -0.138. The van der Waals surface area contributed by atoms with E-state index in [2.05, 4.69) is 12.2 Å². The van der Waals surface area contributed by atoms with Gasteiger partial charge in [-0.25, -0.2) is 0 Å². The first-order valence-corrected chi connectivity index (χ1v) is 7.19. The molecule has 1 saturated heterocycles. The molecule has 0 aromatic heterocycles. The van der Waals surface area contributed by atoms with Crippen LogP contribution in [0.4, 0.5) is 0 Å². The summed E-state index contributed by atoms with van der Waals surface area (Å²) in [5, 5.41) is 22.7. The SMILES string of the molecule is C[C@](CO)(NCC1(CO)COC1)C1CCCCC1. The van der Waals surface area contributed by atoms with Crippen molar-refractivity contribution in [2.75, 3.05) is 33.0 Å². The zero-order chi connectivity index (χ0) is 13.1. The molecule has 0 spiro atoms. The Labute approximate surface area is 110 Å². The van der Waals surface area contributed by atoms with E-state index < -0.39 is 0 Å². The van der Waals surface area contributed by atoms with Crippen LogP contribution >= 0.6 is 0 Å². The van der Waals surface area contributed by atoms with Crippen molar-refractivity contribution in [2.24, 2.45) is 11.3 Å². The minimum atomic E-state index is -0.210. The van der Waals surface area contributed by atoms with Crippen molar-refractivity contribution in [1.29, 1.82) is 0 Å². The monoisotopic (exact) mass is 257 g/mol. The fourth-order valence-corrected chi connectivity index (χ4v) is 3.10. The Morgan fingerprint density at radius 3 is 2.33 bits per heavy atom. The molecule has 4 nitrogen and oxygen atoms in total. The maximum atomic E-state index is 9.74. The predicted molar refractivity (Wildman–Crippen MR) is 70.4 cm³/mol. The van der Waals surface area contributed by atoms with Crippen LogP contribution in [-0.2, 0) is 4.74 Å². The molecule has 3 N–H and O–H groups in total. The fourth-order valence-electron chi connectivity index (χ4n) is 3.10. The van der Waals surface area contributed by atoms with E-state index in [9.17, 15) is 10.2 Å². The van der Waals surface area contributed by atoms with Gasteiger partial charge in [0.05, 0.1) is 31.8 Å². The van der Waals surface area contributed by atoms with Crippen LogP contribution in [-0.4, -0.2) is 48.7 Å². The summed E-state index contributed by atoms with van der Waals surface area (Å²) >= 11 is 0. The molecule has 0 radical (unpaired) electrons. The Hall–Kier alpha value is -0.160. The maximum absolute atomic E-state index is 9.74. The third-order valence-corrected chi connectivity index (χ3v) is 4.85. The minimum absolute atomic E-state index is 0.120. The lowest BCUT2D eigenvalue weighted by atomic mass is 9.75. The molecule has 106 valence electrons. The molecule has 2 rings (SSSR count). The van der Waals surface area contributed by atoms with Crippen LogP contribution in [0.15, 0.2) is 0 Å². The Morgan fingerprint density at radius 1 is 1.22 bits per heavy atom. The number of hydrogen-bond acceptors (Lipinski definition) is 4. The second kappa shape index (κ2) is 5.87. The van der Waals surface area contributed by atoms with Crippen molar-refractivity contribution >= 4 is 0 Å². The summed E-state index contributed by atoms with van der Waals surface area (Å²) in [6.07, 6.45) is 6.28. The molecule has 1 aliphatic carbocycles. The first kappa shape index (κ1) is 14.3. The largest absolute Gasteiger partial charge is 0.396 e. The molecule has 0 aromatic carbocycles. The number of aliphatic hydroxyl groups is 2. The van der Waals surface area contributed by atoms with Gasteiger partial charge in [0, 0.05) is 12.1 Å². The van der Waals surface area contributed by atoms with Crippen LogP contribution in [0.1, 0.15) is 39.0 Å². The van der Waals surface area contributed by atoms with Crippen molar-refractivity contribution in [3.05, 3.63) is 0 Å². The summed E-state index contributed by atoms with van der Waals surface area (Å²) < 4.78 is 5.21. The zero-order valence-corrected chi connectivity index (χ0v) is 11.5. The first-order valence-electron chi connectivity index (χ1n) is 7.19. The quantitative estimate of drug-likeness (QED) is 0.662. The van der Waals surface area contributed by atoms with Crippen molar-refractivity contribution in [3.8, 4) is 0 Å². The van der Waals surface area contributed by atoms with Gasteiger partial charge in [-0.05, 0) is 25.7 Å². The van der Waals surface area contributed by atoms with Crippen molar-refractivity contribution in [2.45, 2.75) is 44.6 Å². The number of aliphatic hydroxyl groups excluding tert-OH is 2. The molecule has 0 aromatic rings. The lowest BCUT2D eigenvalue weighted by Gasteiger charge is -2.45. The van der Waals surface area contributed by atoms with Gasteiger partial charge in [0.2, 0.25) is 0 Å². The van der Waals surface area contributed by atoms with Crippen LogP contribution in [0.2, 0.25) is 0 Å². The van der Waals surface area contributed by atoms with E-state index in [1.54, 1.807) is 0 Å². The average molecular weight is 257 g/mol. The van der Waals surface area contributed by atoms with Crippen LogP contribution in [0.5, 0.6) is 0 Å². The molecule has 1 atom stereocenters. The van der Waals surface area contributed by atoms with Crippen molar-refractivity contribution < 1.29 is 14.9 Å². The highest BCUT2D eigenvalue weighted by Crippen LogP contribution is 2.34. The molecule has 18 heavy (non-hydrogen) atoms. The van der Waals surface area contributed by atoms with E-state index in [0.29, 0.717) is 19.1 Å². The number of ether oxygens (including phenoxy) is 1. The maximum Gasteiger partial charge on any atom is 0.0613 e.